The Balaban J connectivity index is 0.00000392. The first kappa shape index (κ1) is 24.5. The fourth-order valence-corrected chi connectivity index (χ4v) is 4.00. The number of guanidine groups is 1. The summed E-state index contributed by atoms with van der Waals surface area (Å²) in [6, 6.07) is 1.62. The molecule has 1 aliphatic rings. The zero-order valence-corrected chi connectivity index (χ0v) is 18.7. The van der Waals surface area contributed by atoms with Crippen molar-refractivity contribution in [2.75, 3.05) is 37.8 Å². The molecule has 1 heterocycles. The highest BCUT2D eigenvalue weighted by atomic mass is 127. The monoisotopic (exact) mass is 534 g/mol. The Hall–Kier alpha value is -1.57. The Morgan fingerprint density at radius 1 is 1.25 bits per heavy atom. The number of anilines is 1. The molecule has 1 aromatic rings. The molecule has 28 heavy (non-hydrogen) atoms. The maximum absolute atomic E-state index is 13.6. The second-order valence-electron chi connectivity index (χ2n) is 6.67. The van der Waals surface area contributed by atoms with Gasteiger partial charge in [0.2, 0.25) is 5.91 Å². The first-order valence-electron chi connectivity index (χ1n) is 8.10. The number of benzene rings is 1. The lowest BCUT2D eigenvalue weighted by molar-refractivity contribution is -0.115. The van der Waals surface area contributed by atoms with Gasteiger partial charge in [-0.25, -0.2) is 21.6 Å². The lowest BCUT2D eigenvalue weighted by atomic mass is 10.2. The normalized spacial score (nSPS) is 18.2. The number of hydrogen-bond donors (Lipinski definition) is 2. The number of carbonyl (C=O) groups is 1. The van der Waals surface area contributed by atoms with Crippen LogP contribution in [0.25, 0.3) is 0 Å². The molecule has 1 aromatic carbocycles. The van der Waals surface area contributed by atoms with Gasteiger partial charge >= 0.3 is 0 Å². The molecule has 0 unspecified atom stereocenters. The van der Waals surface area contributed by atoms with Crippen molar-refractivity contribution in [2.45, 2.75) is 18.6 Å². The van der Waals surface area contributed by atoms with Gasteiger partial charge in [0, 0.05) is 20.1 Å². The Morgan fingerprint density at radius 2 is 1.89 bits per heavy atom. The summed E-state index contributed by atoms with van der Waals surface area (Å²) in [4.78, 5) is 17.7. The van der Waals surface area contributed by atoms with Crippen LogP contribution >= 0.6 is 24.0 Å². The van der Waals surface area contributed by atoms with Gasteiger partial charge in [0.25, 0.3) is 0 Å². The minimum Gasteiger partial charge on any atom is -0.347 e. The third-order valence-corrected chi connectivity index (χ3v) is 6.80. The van der Waals surface area contributed by atoms with Gasteiger partial charge in [0.1, 0.15) is 0 Å². The minimum atomic E-state index is -3.23. The minimum absolute atomic E-state index is 0. The lowest BCUT2D eigenvalue weighted by Gasteiger charge is -2.39. The quantitative estimate of drug-likeness (QED) is 0.267. The van der Waals surface area contributed by atoms with Crippen molar-refractivity contribution in [3.05, 3.63) is 29.6 Å². The summed E-state index contributed by atoms with van der Waals surface area (Å²) < 4.78 is 62.9. The fourth-order valence-electron chi connectivity index (χ4n) is 2.63. The maximum Gasteiger partial charge on any atom is 0.243 e. The summed E-state index contributed by atoms with van der Waals surface area (Å²) in [5, 5.41) is 4.89. The number of nitrogens with zero attached hydrogens (tertiary/aromatic N) is 2. The molecule has 0 bridgehead atoms. The highest BCUT2D eigenvalue weighted by Crippen LogP contribution is 2.23. The number of amides is 1. The third kappa shape index (κ3) is 5.27. The van der Waals surface area contributed by atoms with Gasteiger partial charge in [-0.15, -0.1) is 24.0 Å². The van der Waals surface area contributed by atoms with Crippen LogP contribution in [0, 0.1) is 17.5 Å². The van der Waals surface area contributed by atoms with Gasteiger partial charge in [-0.05, 0) is 26.0 Å². The van der Waals surface area contributed by atoms with Gasteiger partial charge in [-0.3, -0.25) is 9.79 Å². The standard InChI is InChI=1S/C16H21F3N4O3S.HI/c1-16(2)9-23(6-7-27(16,25)26)15(20-3)21-8-12(24)22-11-5-4-10(17)13(18)14(11)19;/h4-5H,6-9H2,1-3H3,(H,20,21)(H,22,24);1H. The first-order valence-corrected chi connectivity index (χ1v) is 9.75. The second kappa shape index (κ2) is 9.29. The van der Waals surface area contributed by atoms with Crippen LogP contribution in [-0.2, 0) is 14.6 Å². The molecule has 2 N–H and O–H groups in total. The van der Waals surface area contributed by atoms with Crippen LogP contribution in [0.15, 0.2) is 17.1 Å². The molecule has 0 aliphatic carbocycles. The molecule has 0 atom stereocenters. The van der Waals surface area contributed by atoms with Crippen molar-refractivity contribution in [1.29, 1.82) is 0 Å². The largest absolute Gasteiger partial charge is 0.347 e. The average molecular weight is 534 g/mol. The van der Waals surface area contributed by atoms with Gasteiger partial charge in [0.15, 0.2) is 33.2 Å². The van der Waals surface area contributed by atoms with Crippen LogP contribution in [0.3, 0.4) is 0 Å². The lowest BCUT2D eigenvalue weighted by Crippen LogP contribution is -2.57. The zero-order chi connectivity index (χ0) is 20.4. The Bertz CT molecular complexity index is 878. The number of rotatable bonds is 3. The molecule has 1 saturated heterocycles. The van der Waals surface area contributed by atoms with E-state index in [1.807, 2.05) is 0 Å². The topological polar surface area (TPSA) is 90.9 Å². The maximum atomic E-state index is 13.6. The van der Waals surface area contributed by atoms with Crippen LogP contribution in [0.4, 0.5) is 18.9 Å². The number of halogens is 4. The van der Waals surface area contributed by atoms with Gasteiger partial charge < -0.3 is 15.5 Å². The van der Waals surface area contributed by atoms with Gasteiger partial charge in [-0.2, -0.15) is 0 Å². The van der Waals surface area contributed by atoms with Crippen molar-refractivity contribution in [3.63, 3.8) is 0 Å². The van der Waals surface area contributed by atoms with Crippen LogP contribution in [0.5, 0.6) is 0 Å². The molecule has 0 spiro atoms. The molecule has 1 amide bonds. The molecule has 1 aliphatic heterocycles. The predicted molar refractivity (Wildman–Crippen MR) is 111 cm³/mol. The van der Waals surface area contributed by atoms with Crippen molar-refractivity contribution in [2.24, 2.45) is 4.99 Å². The predicted octanol–water partition coefficient (Wildman–Crippen LogP) is 1.74. The number of hydrogen-bond acceptors (Lipinski definition) is 4. The van der Waals surface area contributed by atoms with E-state index in [-0.39, 0.29) is 49.4 Å². The van der Waals surface area contributed by atoms with Crippen LogP contribution in [0.1, 0.15) is 13.8 Å². The van der Waals surface area contributed by atoms with E-state index in [2.05, 4.69) is 15.6 Å². The fraction of sp³-hybridized carbons (Fsp3) is 0.500. The number of aliphatic imine (C=N–C) groups is 1. The molecular formula is C16H22F3IN4O3S. The third-order valence-electron chi connectivity index (χ3n) is 4.27. The molecule has 158 valence electrons. The molecule has 0 aromatic heterocycles. The van der Waals surface area contributed by atoms with Gasteiger partial charge in [-0.1, -0.05) is 0 Å². The second-order valence-corrected chi connectivity index (χ2v) is 9.41. The highest BCUT2D eigenvalue weighted by Gasteiger charge is 2.41. The van der Waals surface area contributed by atoms with E-state index in [0.717, 1.165) is 6.07 Å². The van der Waals surface area contributed by atoms with E-state index in [4.69, 9.17) is 0 Å². The highest BCUT2D eigenvalue weighted by molar-refractivity contribution is 14.0. The van der Waals surface area contributed by atoms with Crippen LogP contribution in [-0.4, -0.2) is 62.4 Å². The molecular weight excluding hydrogens is 512 g/mol. The number of sulfone groups is 1. The van der Waals surface area contributed by atoms with E-state index in [1.165, 1.54) is 7.05 Å². The summed E-state index contributed by atoms with van der Waals surface area (Å²) in [5.74, 6) is -4.97. The van der Waals surface area contributed by atoms with Gasteiger partial charge in [0.05, 0.1) is 22.7 Å². The summed E-state index contributed by atoms with van der Waals surface area (Å²) in [6.45, 7) is 3.30. The first-order chi connectivity index (χ1) is 12.5. The Morgan fingerprint density at radius 3 is 2.46 bits per heavy atom. The zero-order valence-electron chi connectivity index (χ0n) is 15.6. The molecule has 7 nitrogen and oxygen atoms in total. The molecule has 2 rings (SSSR count). The van der Waals surface area contributed by atoms with E-state index < -0.39 is 43.6 Å². The summed E-state index contributed by atoms with van der Waals surface area (Å²) in [5.41, 5.74) is -0.485. The van der Waals surface area contributed by atoms with E-state index in [1.54, 1.807) is 18.7 Å². The summed E-state index contributed by atoms with van der Waals surface area (Å²) >= 11 is 0. The van der Waals surface area contributed by atoms with E-state index in [0.29, 0.717) is 12.0 Å². The Labute approximate surface area is 178 Å². The summed E-state index contributed by atoms with van der Waals surface area (Å²) in [6.07, 6.45) is 0. The average Bonchev–Trinajstić information content (AvgIpc) is 2.59. The van der Waals surface area contributed by atoms with Crippen molar-refractivity contribution in [1.82, 2.24) is 10.2 Å². The molecule has 12 heteroatoms. The van der Waals surface area contributed by atoms with Crippen molar-refractivity contribution in [3.8, 4) is 0 Å². The molecule has 1 fully saturated rings. The van der Waals surface area contributed by atoms with Crippen molar-refractivity contribution >= 4 is 51.4 Å². The number of carbonyl (C=O) groups excluding carboxylic acids is 1. The molecule has 0 radical (unpaired) electrons. The summed E-state index contributed by atoms with van der Waals surface area (Å²) in [7, 11) is -1.75. The SMILES string of the molecule is CN=C(NCC(=O)Nc1ccc(F)c(F)c1F)N1CCS(=O)(=O)C(C)(C)C1.I. The van der Waals surface area contributed by atoms with Crippen LogP contribution in [0.2, 0.25) is 0 Å². The number of nitrogens with one attached hydrogen (secondary N) is 2. The van der Waals surface area contributed by atoms with E-state index >= 15 is 0 Å². The molecule has 0 saturated carbocycles. The smallest absolute Gasteiger partial charge is 0.243 e. The van der Waals surface area contributed by atoms with Crippen LogP contribution < -0.4 is 10.6 Å². The Kier molecular flexibility index (Phi) is 8.11. The van der Waals surface area contributed by atoms with E-state index in [9.17, 15) is 26.4 Å². The van der Waals surface area contributed by atoms with Crippen molar-refractivity contribution < 1.29 is 26.4 Å².